The van der Waals surface area contributed by atoms with Gasteiger partial charge in [-0.25, -0.2) is 4.79 Å². The number of benzene rings is 2. The van der Waals surface area contributed by atoms with Gasteiger partial charge in [0.2, 0.25) is 0 Å². The van der Waals surface area contributed by atoms with Crippen LogP contribution in [-0.2, 0) is 0 Å². The highest BCUT2D eigenvalue weighted by atomic mass is 79.9. The third-order valence-electron chi connectivity index (χ3n) is 3.31. The first kappa shape index (κ1) is 16.2. The molecule has 2 amide bonds. The lowest BCUT2D eigenvalue weighted by atomic mass is 10.1. The molecule has 0 saturated heterocycles. The number of hydrogen-bond donors (Lipinski definition) is 1. The molecule has 114 valence electrons. The van der Waals surface area contributed by atoms with Crippen LogP contribution in [-0.4, -0.2) is 11.7 Å². The summed E-state index contributed by atoms with van der Waals surface area (Å²) in [7, 11) is 0. The Morgan fingerprint density at radius 2 is 1.77 bits per heavy atom. The number of urea groups is 1. The predicted molar refractivity (Wildman–Crippen MR) is 94.3 cm³/mol. The molecule has 0 saturated carbocycles. The van der Waals surface area contributed by atoms with E-state index in [-0.39, 0.29) is 0 Å². The zero-order chi connectivity index (χ0) is 16.3. The monoisotopic (exact) mass is 359 g/mol. The third kappa shape index (κ3) is 3.74. The molecule has 2 N–H and O–H groups in total. The Morgan fingerprint density at radius 3 is 2.32 bits per heavy atom. The van der Waals surface area contributed by atoms with Crippen LogP contribution in [0.5, 0.6) is 0 Å². The van der Waals surface area contributed by atoms with Crippen molar-refractivity contribution in [2.24, 2.45) is 10.8 Å². The summed E-state index contributed by atoms with van der Waals surface area (Å²) in [4.78, 5) is 11.7. The van der Waals surface area contributed by atoms with Crippen molar-refractivity contribution in [2.45, 2.75) is 20.8 Å². The van der Waals surface area contributed by atoms with Crippen molar-refractivity contribution in [1.29, 1.82) is 0 Å². The van der Waals surface area contributed by atoms with Gasteiger partial charge in [0.25, 0.3) is 0 Å². The Balaban J connectivity index is 2.39. The average molecular weight is 360 g/mol. The first-order valence-electron chi connectivity index (χ1n) is 6.86. The van der Waals surface area contributed by atoms with Crippen molar-refractivity contribution in [3.63, 3.8) is 0 Å². The van der Waals surface area contributed by atoms with Crippen LogP contribution < -0.4 is 10.7 Å². The Morgan fingerprint density at radius 1 is 1.14 bits per heavy atom. The maximum Gasteiger partial charge on any atom is 0.340 e. The van der Waals surface area contributed by atoms with E-state index in [2.05, 4.69) is 21.0 Å². The van der Waals surface area contributed by atoms with Crippen molar-refractivity contribution in [2.75, 3.05) is 5.01 Å². The van der Waals surface area contributed by atoms with Crippen molar-refractivity contribution < 1.29 is 4.79 Å². The second-order valence-electron chi connectivity index (χ2n) is 5.13. The molecule has 0 unspecified atom stereocenters. The molecule has 0 atom stereocenters. The summed E-state index contributed by atoms with van der Waals surface area (Å²) in [6, 6.07) is 12.9. The van der Waals surface area contributed by atoms with Crippen molar-refractivity contribution >= 4 is 33.4 Å². The van der Waals surface area contributed by atoms with Crippen LogP contribution in [0.4, 0.5) is 10.5 Å². The number of amides is 2. The minimum atomic E-state index is -0.617. The summed E-state index contributed by atoms with van der Waals surface area (Å²) in [5.41, 5.74) is 9.96. The summed E-state index contributed by atoms with van der Waals surface area (Å²) >= 11 is 3.44. The number of nitrogens with two attached hydrogens (primary N) is 1. The van der Waals surface area contributed by atoms with Crippen LogP contribution in [0.25, 0.3) is 0 Å². The number of rotatable bonds is 3. The number of primary amides is 1. The van der Waals surface area contributed by atoms with Gasteiger partial charge in [-0.1, -0.05) is 45.8 Å². The molecule has 0 aliphatic heterocycles. The summed E-state index contributed by atoms with van der Waals surface area (Å²) < 4.78 is 0.972. The van der Waals surface area contributed by atoms with Gasteiger partial charge < -0.3 is 5.73 Å². The Labute approximate surface area is 138 Å². The van der Waals surface area contributed by atoms with E-state index in [0.29, 0.717) is 5.69 Å². The third-order valence-corrected chi connectivity index (χ3v) is 4.20. The molecule has 0 aliphatic rings. The molecular weight excluding hydrogens is 342 g/mol. The van der Waals surface area contributed by atoms with Gasteiger partial charge in [0.15, 0.2) is 0 Å². The van der Waals surface area contributed by atoms with Crippen LogP contribution >= 0.6 is 15.9 Å². The molecule has 2 aromatic rings. The molecule has 0 aliphatic carbocycles. The summed E-state index contributed by atoms with van der Waals surface area (Å²) in [5.74, 6) is 0. The van der Waals surface area contributed by atoms with Crippen LogP contribution in [0.15, 0.2) is 52.0 Å². The SMILES string of the molecule is CC(=NN(C(N)=O)c1ccc(Br)c(C)c1)c1ccc(C)cc1. The van der Waals surface area contributed by atoms with Crippen molar-refractivity contribution in [3.8, 4) is 0 Å². The molecule has 0 heterocycles. The fourth-order valence-corrected chi connectivity index (χ4v) is 2.24. The van der Waals surface area contributed by atoms with Gasteiger partial charge in [0.1, 0.15) is 0 Å². The highest BCUT2D eigenvalue weighted by molar-refractivity contribution is 9.10. The van der Waals surface area contributed by atoms with Crippen LogP contribution in [0.2, 0.25) is 0 Å². The molecule has 0 aromatic heterocycles. The Bertz CT molecular complexity index is 723. The number of hydrazone groups is 1. The van der Waals surface area contributed by atoms with E-state index in [0.717, 1.165) is 21.3 Å². The van der Waals surface area contributed by atoms with Crippen LogP contribution in [0.3, 0.4) is 0 Å². The van der Waals surface area contributed by atoms with Gasteiger partial charge >= 0.3 is 6.03 Å². The number of hydrogen-bond acceptors (Lipinski definition) is 2. The lowest BCUT2D eigenvalue weighted by Gasteiger charge is -2.17. The molecule has 0 spiro atoms. The Kier molecular flexibility index (Phi) is 4.98. The fourth-order valence-electron chi connectivity index (χ4n) is 2.00. The Hall–Kier alpha value is -2.14. The zero-order valence-electron chi connectivity index (χ0n) is 12.8. The van der Waals surface area contributed by atoms with E-state index in [4.69, 9.17) is 5.73 Å². The van der Waals surface area contributed by atoms with Gasteiger partial charge in [0.05, 0.1) is 11.4 Å². The van der Waals surface area contributed by atoms with Crippen molar-refractivity contribution in [1.82, 2.24) is 0 Å². The highest BCUT2D eigenvalue weighted by Crippen LogP contribution is 2.23. The van der Waals surface area contributed by atoms with Crippen LogP contribution in [0, 0.1) is 13.8 Å². The number of halogens is 1. The number of carbonyl (C=O) groups is 1. The molecule has 0 fully saturated rings. The van der Waals surface area contributed by atoms with E-state index in [1.807, 2.05) is 57.2 Å². The fraction of sp³-hybridized carbons (Fsp3) is 0.176. The highest BCUT2D eigenvalue weighted by Gasteiger charge is 2.13. The molecule has 5 heteroatoms. The van der Waals surface area contributed by atoms with E-state index >= 15 is 0 Å². The number of aryl methyl sites for hydroxylation is 2. The van der Waals surface area contributed by atoms with E-state index in [1.54, 1.807) is 6.07 Å². The maximum absolute atomic E-state index is 11.7. The van der Waals surface area contributed by atoms with E-state index in [9.17, 15) is 4.79 Å². The van der Waals surface area contributed by atoms with Gasteiger partial charge in [-0.05, 0) is 50.1 Å². The lowest BCUT2D eigenvalue weighted by Crippen LogP contribution is -2.32. The number of nitrogens with zero attached hydrogens (tertiary/aromatic N) is 2. The number of anilines is 1. The summed E-state index contributed by atoms with van der Waals surface area (Å²) in [6.45, 7) is 5.83. The molecule has 2 rings (SSSR count). The van der Waals surface area contributed by atoms with Gasteiger partial charge in [-0.2, -0.15) is 10.1 Å². The molecule has 0 bridgehead atoms. The summed E-state index contributed by atoms with van der Waals surface area (Å²) in [6.07, 6.45) is 0. The van der Waals surface area contributed by atoms with Gasteiger partial charge in [0, 0.05) is 4.47 Å². The second-order valence-corrected chi connectivity index (χ2v) is 5.99. The molecule has 2 aromatic carbocycles. The normalized spacial score (nSPS) is 11.4. The summed E-state index contributed by atoms with van der Waals surface area (Å²) in [5, 5.41) is 5.59. The van der Waals surface area contributed by atoms with Crippen molar-refractivity contribution in [3.05, 3.63) is 63.6 Å². The predicted octanol–water partition coefficient (Wildman–Crippen LogP) is 4.38. The first-order valence-corrected chi connectivity index (χ1v) is 7.66. The standard InChI is InChI=1S/C17H18BrN3O/c1-11-4-6-14(7-5-11)13(3)20-21(17(19)22)15-8-9-16(18)12(2)10-15/h4-10H,1-3H3,(H2,19,22). The lowest BCUT2D eigenvalue weighted by molar-refractivity contribution is 0.254. The second kappa shape index (κ2) is 6.75. The van der Waals surface area contributed by atoms with Gasteiger partial charge in [-0.3, -0.25) is 0 Å². The minimum absolute atomic E-state index is 0.617. The largest absolute Gasteiger partial charge is 0.350 e. The van der Waals surface area contributed by atoms with Crippen LogP contribution in [0.1, 0.15) is 23.6 Å². The molecule has 22 heavy (non-hydrogen) atoms. The van der Waals surface area contributed by atoms with Gasteiger partial charge in [-0.15, -0.1) is 0 Å². The molecule has 0 radical (unpaired) electrons. The zero-order valence-corrected chi connectivity index (χ0v) is 14.4. The minimum Gasteiger partial charge on any atom is -0.350 e. The topological polar surface area (TPSA) is 58.7 Å². The van der Waals surface area contributed by atoms with E-state index < -0.39 is 6.03 Å². The molecular formula is C17H18BrN3O. The first-order chi connectivity index (χ1) is 10.4. The smallest absolute Gasteiger partial charge is 0.340 e. The average Bonchev–Trinajstić information content (AvgIpc) is 2.48. The molecule has 4 nitrogen and oxygen atoms in total. The number of carbonyl (C=O) groups excluding carboxylic acids is 1. The van der Waals surface area contributed by atoms with E-state index in [1.165, 1.54) is 10.6 Å². The quantitative estimate of drug-likeness (QED) is 0.641. The maximum atomic E-state index is 11.7.